The number of nitrogens with zero attached hydrogens (tertiary/aromatic N) is 2. The van der Waals surface area contributed by atoms with Crippen molar-refractivity contribution >= 4 is 5.71 Å². The Labute approximate surface area is 126 Å². The lowest BCUT2D eigenvalue weighted by Crippen LogP contribution is -2.34. The molecule has 4 nitrogen and oxygen atoms in total. The second-order valence-corrected chi connectivity index (χ2v) is 5.27. The number of imidazole rings is 1. The molecule has 0 bridgehead atoms. The van der Waals surface area contributed by atoms with Crippen molar-refractivity contribution in [2.24, 2.45) is 0 Å². The quantitative estimate of drug-likeness (QED) is 0.764. The lowest BCUT2D eigenvalue weighted by molar-refractivity contribution is 0.236. The highest BCUT2D eigenvalue weighted by Gasteiger charge is 2.13. The molecule has 1 aromatic carbocycles. The van der Waals surface area contributed by atoms with E-state index in [1.54, 1.807) is 6.20 Å². The molecule has 2 aromatic rings. The Hall–Kier alpha value is -1.94. The van der Waals surface area contributed by atoms with Gasteiger partial charge in [0.2, 0.25) is 0 Å². The Morgan fingerprint density at radius 1 is 1.24 bits per heavy atom. The number of hydrogen-bond acceptors (Lipinski definition) is 3. The van der Waals surface area contributed by atoms with Crippen molar-refractivity contribution in [3.8, 4) is 11.4 Å². The summed E-state index contributed by atoms with van der Waals surface area (Å²) in [6.07, 6.45) is 4.34. The molecule has 1 unspecified atom stereocenters. The fourth-order valence-corrected chi connectivity index (χ4v) is 2.64. The molecule has 0 amide bonds. The summed E-state index contributed by atoms with van der Waals surface area (Å²) in [7, 11) is 0. The molecule has 0 aliphatic heterocycles. The molecular formula is C17H24N4. The molecule has 1 aromatic heterocycles. The topological polar surface area (TPSA) is 55.8 Å². The molecular weight excluding hydrogens is 260 g/mol. The van der Waals surface area contributed by atoms with Crippen molar-refractivity contribution in [3.05, 3.63) is 42.2 Å². The van der Waals surface area contributed by atoms with Gasteiger partial charge in [0.05, 0.1) is 0 Å². The van der Waals surface area contributed by atoms with Crippen molar-refractivity contribution in [1.29, 1.82) is 5.41 Å². The maximum absolute atomic E-state index is 8.30. The van der Waals surface area contributed by atoms with Crippen molar-refractivity contribution < 1.29 is 0 Å². The van der Waals surface area contributed by atoms with Gasteiger partial charge in [0.1, 0.15) is 5.82 Å². The van der Waals surface area contributed by atoms with Crippen molar-refractivity contribution in [1.82, 2.24) is 14.9 Å². The van der Waals surface area contributed by atoms with Crippen LogP contribution in [-0.4, -0.2) is 39.7 Å². The van der Waals surface area contributed by atoms with E-state index in [2.05, 4.69) is 35.6 Å². The normalized spacial score (nSPS) is 12.6. The number of aromatic nitrogens is 2. The number of nitrogens with one attached hydrogen (secondary N) is 2. The zero-order valence-corrected chi connectivity index (χ0v) is 13.1. The molecule has 0 spiro atoms. The Morgan fingerprint density at radius 3 is 2.43 bits per heavy atom. The van der Waals surface area contributed by atoms with E-state index in [0.717, 1.165) is 36.5 Å². The molecule has 1 heterocycles. The lowest BCUT2D eigenvalue weighted by Gasteiger charge is -2.26. The van der Waals surface area contributed by atoms with Gasteiger partial charge in [-0.1, -0.05) is 38.1 Å². The van der Waals surface area contributed by atoms with Crippen LogP contribution in [0, 0.1) is 5.41 Å². The van der Waals surface area contributed by atoms with E-state index in [-0.39, 0.29) is 0 Å². The smallest absolute Gasteiger partial charge is 0.137 e. The highest BCUT2D eigenvalue weighted by molar-refractivity contribution is 5.98. The minimum absolute atomic E-state index is 0.400. The van der Waals surface area contributed by atoms with E-state index in [0.29, 0.717) is 11.8 Å². The molecule has 4 heteroatoms. The van der Waals surface area contributed by atoms with Crippen LogP contribution in [0.4, 0.5) is 0 Å². The summed E-state index contributed by atoms with van der Waals surface area (Å²) in [5.74, 6) is 0.865. The average Bonchev–Trinajstić information content (AvgIpc) is 3.03. The molecule has 0 saturated heterocycles. The SMILES string of the molecule is CCN(CC)C(C)CC(=N)c1ccc(-c2ncc[nH]2)cc1. The first-order valence-corrected chi connectivity index (χ1v) is 7.57. The number of rotatable bonds is 7. The van der Waals surface area contributed by atoms with E-state index < -0.39 is 0 Å². The summed E-state index contributed by atoms with van der Waals surface area (Å²) in [4.78, 5) is 9.71. The molecule has 0 aliphatic carbocycles. The predicted molar refractivity (Wildman–Crippen MR) is 87.9 cm³/mol. The highest BCUT2D eigenvalue weighted by atomic mass is 15.1. The van der Waals surface area contributed by atoms with Gasteiger partial charge < -0.3 is 15.3 Å². The maximum atomic E-state index is 8.30. The summed E-state index contributed by atoms with van der Waals surface area (Å²) in [6.45, 7) is 8.59. The number of aromatic amines is 1. The molecule has 2 rings (SSSR count). The van der Waals surface area contributed by atoms with E-state index in [4.69, 9.17) is 5.41 Å². The Balaban J connectivity index is 2.03. The third-order valence-electron chi connectivity index (χ3n) is 3.94. The molecule has 21 heavy (non-hydrogen) atoms. The molecule has 0 saturated carbocycles. The van der Waals surface area contributed by atoms with Crippen molar-refractivity contribution in [2.45, 2.75) is 33.2 Å². The van der Waals surface area contributed by atoms with E-state index in [1.807, 2.05) is 30.5 Å². The first kappa shape index (κ1) is 15.4. The molecule has 0 fully saturated rings. The first-order chi connectivity index (χ1) is 10.2. The Morgan fingerprint density at radius 2 is 1.90 bits per heavy atom. The maximum Gasteiger partial charge on any atom is 0.137 e. The van der Waals surface area contributed by atoms with Crippen LogP contribution in [0.5, 0.6) is 0 Å². The van der Waals surface area contributed by atoms with Gasteiger partial charge in [-0.05, 0) is 25.6 Å². The van der Waals surface area contributed by atoms with Crippen LogP contribution >= 0.6 is 0 Å². The minimum Gasteiger partial charge on any atom is -0.345 e. The fourth-order valence-electron chi connectivity index (χ4n) is 2.64. The standard InChI is InChI=1S/C17H24N4/c1-4-21(5-2)13(3)12-16(18)14-6-8-15(9-7-14)17-19-10-11-20-17/h6-11,13,18H,4-5,12H2,1-3H3,(H,19,20). The number of benzene rings is 1. The lowest BCUT2D eigenvalue weighted by atomic mass is 10.0. The van der Waals surface area contributed by atoms with Gasteiger partial charge in [0, 0.05) is 36.1 Å². The van der Waals surface area contributed by atoms with Gasteiger partial charge in [0.15, 0.2) is 0 Å². The van der Waals surface area contributed by atoms with Crippen LogP contribution in [0.1, 0.15) is 32.8 Å². The third-order valence-corrected chi connectivity index (χ3v) is 3.94. The summed E-state index contributed by atoms with van der Waals surface area (Å²) in [5.41, 5.74) is 2.73. The third kappa shape index (κ3) is 3.79. The van der Waals surface area contributed by atoms with Crippen LogP contribution in [-0.2, 0) is 0 Å². The van der Waals surface area contributed by atoms with Crippen LogP contribution < -0.4 is 0 Å². The molecule has 1 atom stereocenters. The van der Waals surface area contributed by atoms with Gasteiger partial charge in [-0.15, -0.1) is 0 Å². The van der Waals surface area contributed by atoms with Crippen LogP contribution in [0.15, 0.2) is 36.7 Å². The number of H-pyrrole nitrogens is 1. The highest BCUT2D eigenvalue weighted by Crippen LogP contribution is 2.17. The van der Waals surface area contributed by atoms with Gasteiger partial charge in [0.25, 0.3) is 0 Å². The average molecular weight is 284 g/mol. The zero-order valence-electron chi connectivity index (χ0n) is 13.1. The van der Waals surface area contributed by atoms with Gasteiger partial charge in [-0.3, -0.25) is 0 Å². The second-order valence-electron chi connectivity index (χ2n) is 5.27. The van der Waals surface area contributed by atoms with E-state index in [9.17, 15) is 0 Å². The summed E-state index contributed by atoms with van der Waals surface area (Å²) in [6, 6.07) is 8.46. The number of hydrogen-bond donors (Lipinski definition) is 2. The monoisotopic (exact) mass is 284 g/mol. The molecule has 2 N–H and O–H groups in total. The second kappa shape index (κ2) is 7.18. The summed E-state index contributed by atoms with van der Waals surface area (Å²) >= 11 is 0. The zero-order chi connectivity index (χ0) is 15.2. The first-order valence-electron chi connectivity index (χ1n) is 7.57. The minimum atomic E-state index is 0.400. The summed E-state index contributed by atoms with van der Waals surface area (Å²) in [5, 5.41) is 8.30. The van der Waals surface area contributed by atoms with Gasteiger partial charge in [-0.2, -0.15) is 0 Å². The fraction of sp³-hybridized carbons (Fsp3) is 0.412. The Bertz CT molecular complexity index is 553. The van der Waals surface area contributed by atoms with Crippen LogP contribution in [0.2, 0.25) is 0 Å². The van der Waals surface area contributed by atoms with Crippen LogP contribution in [0.25, 0.3) is 11.4 Å². The van der Waals surface area contributed by atoms with Gasteiger partial charge in [-0.25, -0.2) is 4.98 Å². The predicted octanol–water partition coefficient (Wildman–Crippen LogP) is 3.56. The van der Waals surface area contributed by atoms with Gasteiger partial charge >= 0.3 is 0 Å². The van der Waals surface area contributed by atoms with Crippen LogP contribution in [0.3, 0.4) is 0 Å². The Kier molecular flexibility index (Phi) is 5.28. The van der Waals surface area contributed by atoms with Crippen molar-refractivity contribution in [3.63, 3.8) is 0 Å². The molecule has 0 aliphatic rings. The largest absolute Gasteiger partial charge is 0.345 e. The summed E-state index contributed by atoms with van der Waals surface area (Å²) < 4.78 is 0. The van der Waals surface area contributed by atoms with Crippen molar-refractivity contribution in [2.75, 3.05) is 13.1 Å². The molecule has 0 radical (unpaired) electrons. The van der Waals surface area contributed by atoms with E-state index >= 15 is 0 Å². The molecule has 112 valence electrons. The van der Waals surface area contributed by atoms with E-state index in [1.165, 1.54) is 0 Å².